The SMILES string of the molecule is NCCN.O=[N+]([O-])[O-].[Ni]. The summed E-state index contributed by atoms with van der Waals surface area (Å²) in [5.74, 6) is 0. The summed E-state index contributed by atoms with van der Waals surface area (Å²) in [5, 5.41) is 14.8. The van der Waals surface area contributed by atoms with Crippen LogP contribution in [0.1, 0.15) is 0 Å². The molecule has 0 bridgehead atoms. The van der Waals surface area contributed by atoms with E-state index in [0.717, 1.165) is 0 Å². The van der Waals surface area contributed by atoms with E-state index < -0.39 is 5.09 Å². The number of hydrogen-bond acceptors (Lipinski definition) is 5. The molecule has 0 aromatic carbocycles. The maximum atomic E-state index is 8.25. The molecular formula is C2H8N3NiO3-. The van der Waals surface area contributed by atoms with E-state index in [9.17, 15) is 0 Å². The van der Waals surface area contributed by atoms with E-state index in [1.807, 2.05) is 0 Å². The van der Waals surface area contributed by atoms with E-state index in [1.54, 1.807) is 0 Å². The van der Waals surface area contributed by atoms with Crippen LogP contribution in [0.15, 0.2) is 0 Å². The molecule has 0 unspecified atom stereocenters. The number of hydrogen-bond donors (Lipinski definition) is 2. The molecule has 0 rings (SSSR count). The molecule has 0 aliphatic rings. The van der Waals surface area contributed by atoms with E-state index in [-0.39, 0.29) is 16.5 Å². The maximum Gasteiger partial charge on any atom is 0.0689 e. The van der Waals surface area contributed by atoms with Gasteiger partial charge in [-0.3, -0.25) is 0 Å². The van der Waals surface area contributed by atoms with Crippen LogP contribution in [0.25, 0.3) is 0 Å². The summed E-state index contributed by atoms with van der Waals surface area (Å²) >= 11 is 0. The van der Waals surface area contributed by atoms with Crippen molar-refractivity contribution in [2.75, 3.05) is 13.1 Å². The van der Waals surface area contributed by atoms with Gasteiger partial charge in [-0.25, -0.2) is 0 Å². The van der Waals surface area contributed by atoms with Gasteiger partial charge in [0, 0.05) is 29.6 Å². The van der Waals surface area contributed by atoms with Crippen LogP contribution >= 0.6 is 0 Å². The second-order valence-corrected chi connectivity index (χ2v) is 0.801. The summed E-state index contributed by atoms with van der Waals surface area (Å²) in [7, 11) is 0. The van der Waals surface area contributed by atoms with E-state index in [0.29, 0.717) is 13.1 Å². The van der Waals surface area contributed by atoms with Crippen molar-refractivity contribution < 1.29 is 21.6 Å². The molecule has 0 saturated carbocycles. The van der Waals surface area contributed by atoms with Gasteiger partial charge >= 0.3 is 0 Å². The molecule has 0 fully saturated rings. The van der Waals surface area contributed by atoms with Gasteiger partial charge in [0.05, 0.1) is 5.09 Å². The average Bonchev–Trinajstić information content (AvgIpc) is 1.65. The average molecular weight is 181 g/mol. The topological polar surface area (TPSA) is 118 Å². The van der Waals surface area contributed by atoms with Crippen molar-refractivity contribution in [1.82, 2.24) is 0 Å². The van der Waals surface area contributed by atoms with Crippen LogP contribution in [0.3, 0.4) is 0 Å². The van der Waals surface area contributed by atoms with Crippen LogP contribution in [0.5, 0.6) is 0 Å². The zero-order chi connectivity index (χ0) is 6.99. The zero-order valence-electron chi connectivity index (χ0n) is 4.56. The summed E-state index contributed by atoms with van der Waals surface area (Å²) in [4.78, 5) is 8.25. The predicted octanol–water partition coefficient (Wildman–Crippen LogP) is -1.34. The van der Waals surface area contributed by atoms with Crippen LogP contribution in [0.4, 0.5) is 0 Å². The Morgan fingerprint density at radius 3 is 1.33 bits per heavy atom. The molecule has 7 heteroatoms. The smallest absolute Gasteiger partial charge is 0.0689 e. The molecule has 0 radical (unpaired) electrons. The Hall–Kier alpha value is -0.386. The summed E-state index contributed by atoms with van der Waals surface area (Å²) in [6.07, 6.45) is 0. The molecule has 0 aliphatic carbocycles. The normalized spacial score (nSPS) is 6.00. The molecular weight excluding hydrogens is 173 g/mol. The Bertz CT molecular complexity index is 55.0. The molecule has 4 N–H and O–H groups in total. The number of rotatable bonds is 1. The summed E-state index contributed by atoms with van der Waals surface area (Å²) in [6, 6.07) is 0. The molecule has 0 aromatic rings. The summed E-state index contributed by atoms with van der Waals surface area (Å²) < 4.78 is 0. The standard InChI is InChI=1S/C2H8N2.NO3.Ni/c3-1-2-4;2-1(3)4;/h1-4H2;;/q;-1;. The van der Waals surface area contributed by atoms with E-state index in [4.69, 9.17) is 26.8 Å². The first-order valence-electron chi connectivity index (χ1n) is 1.86. The van der Waals surface area contributed by atoms with Gasteiger partial charge in [0.1, 0.15) is 0 Å². The van der Waals surface area contributed by atoms with Crippen molar-refractivity contribution >= 4 is 0 Å². The van der Waals surface area contributed by atoms with Gasteiger partial charge in [-0.2, -0.15) is 0 Å². The third-order valence-corrected chi connectivity index (χ3v) is 0.167. The van der Waals surface area contributed by atoms with Gasteiger partial charge in [-0.05, 0) is 0 Å². The molecule has 9 heavy (non-hydrogen) atoms. The first-order valence-corrected chi connectivity index (χ1v) is 1.86. The number of nitrogens with zero attached hydrogens (tertiary/aromatic N) is 1. The first kappa shape index (κ1) is 15.8. The van der Waals surface area contributed by atoms with Gasteiger partial charge in [-0.15, -0.1) is 0 Å². The van der Waals surface area contributed by atoms with E-state index in [2.05, 4.69) is 0 Å². The molecule has 0 aromatic heterocycles. The minimum atomic E-state index is -1.75. The van der Waals surface area contributed by atoms with Crippen LogP contribution < -0.4 is 11.5 Å². The van der Waals surface area contributed by atoms with Crippen molar-refractivity contribution in [3.63, 3.8) is 0 Å². The largest absolute Gasteiger partial charge is 0.356 e. The van der Waals surface area contributed by atoms with E-state index >= 15 is 0 Å². The minimum Gasteiger partial charge on any atom is -0.356 e. The van der Waals surface area contributed by atoms with Crippen LogP contribution in [-0.4, -0.2) is 18.2 Å². The second-order valence-electron chi connectivity index (χ2n) is 0.801. The van der Waals surface area contributed by atoms with Gasteiger partial charge in [0.15, 0.2) is 0 Å². The Morgan fingerprint density at radius 1 is 1.22 bits per heavy atom. The second kappa shape index (κ2) is 15.6. The van der Waals surface area contributed by atoms with Crippen molar-refractivity contribution in [3.8, 4) is 0 Å². The fraction of sp³-hybridized carbons (Fsp3) is 1.00. The Labute approximate surface area is 62.2 Å². The van der Waals surface area contributed by atoms with Crippen LogP contribution in [0, 0.1) is 15.3 Å². The van der Waals surface area contributed by atoms with Crippen LogP contribution in [-0.2, 0) is 16.5 Å². The van der Waals surface area contributed by atoms with Gasteiger partial charge in [0.25, 0.3) is 0 Å². The third kappa shape index (κ3) is 637. The Kier molecular flexibility index (Phi) is 27.5. The van der Waals surface area contributed by atoms with E-state index in [1.165, 1.54) is 0 Å². The van der Waals surface area contributed by atoms with Gasteiger partial charge in [-0.1, -0.05) is 0 Å². The summed E-state index contributed by atoms with van der Waals surface area (Å²) in [5.41, 5.74) is 9.81. The quantitative estimate of drug-likeness (QED) is 0.294. The van der Waals surface area contributed by atoms with Gasteiger partial charge in [0.2, 0.25) is 0 Å². The molecule has 0 saturated heterocycles. The molecule has 0 heterocycles. The third-order valence-electron chi connectivity index (χ3n) is 0.167. The Balaban J connectivity index is -0.0000000720. The van der Waals surface area contributed by atoms with Crippen molar-refractivity contribution in [3.05, 3.63) is 15.3 Å². The molecule has 6 nitrogen and oxygen atoms in total. The van der Waals surface area contributed by atoms with Crippen molar-refractivity contribution in [2.45, 2.75) is 0 Å². The molecule has 0 amide bonds. The molecule has 0 aliphatic heterocycles. The zero-order valence-corrected chi connectivity index (χ0v) is 5.54. The van der Waals surface area contributed by atoms with Gasteiger partial charge < -0.3 is 26.8 Å². The predicted molar refractivity (Wildman–Crippen MR) is 28.5 cm³/mol. The molecule has 60 valence electrons. The van der Waals surface area contributed by atoms with Crippen molar-refractivity contribution in [1.29, 1.82) is 0 Å². The first-order chi connectivity index (χ1) is 3.65. The molecule has 0 spiro atoms. The maximum absolute atomic E-state index is 8.25. The van der Waals surface area contributed by atoms with Crippen LogP contribution in [0.2, 0.25) is 0 Å². The van der Waals surface area contributed by atoms with Crippen molar-refractivity contribution in [2.24, 2.45) is 11.5 Å². The minimum absolute atomic E-state index is 0. The summed E-state index contributed by atoms with van der Waals surface area (Å²) in [6.45, 7) is 1.19. The molecule has 0 atom stereocenters. The fourth-order valence-corrected chi connectivity index (χ4v) is 0. The number of nitrogens with two attached hydrogens (primary N) is 2. The fourth-order valence-electron chi connectivity index (χ4n) is 0. The monoisotopic (exact) mass is 180 g/mol. The Morgan fingerprint density at radius 2 is 1.33 bits per heavy atom.